The Morgan fingerprint density at radius 1 is 1.24 bits per heavy atom. The van der Waals surface area contributed by atoms with Gasteiger partial charge in [0.1, 0.15) is 11.4 Å². The van der Waals surface area contributed by atoms with Crippen LogP contribution in [0.5, 0.6) is 5.75 Å². The average molecular weight is 339 g/mol. The van der Waals surface area contributed by atoms with Crippen LogP contribution in [0, 0.1) is 5.92 Å². The summed E-state index contributed by atoms with van der Waals surface area (Å²) in [6, 6.07) is 7.64. The van der Waals surface area contributed by atoms with Crippen LogP contribution in [0.3, 0.4) is 0 Å². The Bertz CT molecular complexity index is 686. The standard InChI is InChI=1S/C20H25N3O2/c1-2-23(19(24)15-16-6-7-16)13-4-14-25-18-5-3-10-22-20(18)17-8-11-21-12-9-17/h3,5,8-12,16H,2,4,6-7,13-15H2,1H3. The zero-order chi connectivity index (χ0) is 17.5. The lowest BCUT2D eigenvalue weighted by atomic mass is 10.1. The molecular weight excluding hydrogens is 314 g/mol. The smallest absolute Gasteiger partial charge is 0.222 e. The third-order valence-electron chi connectivity index (χ3n) is 4.45. The highest BCUT2D eigenvalue weighted by Gasteiger charge is 2.26. The second kappa shape index (κ2) is 8.60. The molecule has 2 heterocycles. The molecule has 0 aromatic carbocycles. The van der Waals surface area contributed by atoms with Crippen LogP contribution >= 0.6 is 0 Å². The molecule has 0 bridgehead atoms. The van der Waals surface area contributed by atoms with Gasteiger partial charge in [-0.25, -0.2) is 0 Å². The number of amides is 1. The zero-order valence-electron chi connectivity index (χ0n) is 14.7. The minimum Gasteiger partial charge on any atom is -0.491 e. The highest BCUT2D eigenvalue weighted by molar-refractivity contribution is 5.76. The maximum atomic E-state index is 12.2. The SMILES string of the molecule is CCN(CCCOc1cccnc1-c1ccncc1)C(=O)CC1CC1. The summed E-state index contributed by atoms with van der Waals surface area (Å²) in [5.74, 6) is 1.68. The van der Waals surface area contributed by atoms with E-state index in [1.807, 2.05) is 36.1 Å². The van der Waals surface area contributed by atoms with Crippen LogP contribution in [-0.2, 0) is 4.79 Å². The molecule has 0 N–H and O–H groups in total. The van der Waals surface area contributed by atoms with E-state index in [0.29, 0.717) is 18.9 Å². The molecule has 1 amide bonds. The summed E-state index contributed by atoms with van der Waals surface area (Å²) in [6.07, 6.45) is 9.21. The minimum absolute atomic E-state index is 0.281. The second-order valence-electron chi connectivity index (χ2n) is 6.41. The van der Waals surface area contributed by atoms with E-state index >= 15 is 0 Å². The number of ether oxygens (including phenoxy) is 1. The number of aromatic nitrogens is 2. The minimum atomic E-state index is 0.281. The van der Waals surface area contributed by atoms with Gasteiger partial charge < -0.3 is 9.64 Å². The largest absolute Gasteiger partial charge is 0.491 e. The van der Waals surface area contributed by atoms with Gasteiger partial charge >= 0.3 is 0 Å². The molecule has 5 nitrogen and oxygen atoms in total. The van der Waals surface area contributed by atoms with Gasteiger partial charge in [-0.3, -0.25) is 14.8 Å². The fourth-order valence-electron chi connectivity index (χ4n) is 2.83. The molecule has 2 aromatic heterocycles. The maximum Gasteiger partial charge on any atom is 0.222 e. The van der Waals surface area contributed by atoms with Crippen molar-refractivity contribution in [2.24, 2.45) is 5.92 Å². The number of nitrogens with zero attached hydrogens (tertiary/aromatic N) is 3. The van der Waals surface area contributed by atoms with Crippen molar-refractivity contribution in [1.29, 1.82) is 0 Å². The molecule has 0 unspecified atom stereocenters. The molecule has 1 aliphatic rings. The molecule has 0 radical (unpaired) electrons. The Balaban J connectivity index is 1.51. The van der Waals surface area contributed by atoms with E-state index in [1.165, 1.54) is 12.8 Å². The van der Waals surface area contributed by atoms with E-state index in [-0.39, 0.29) is 5.91 Å². The Morgan fingerprint density at radius 2 is 2.04 bits per heavy atom. The zero-order valence-corrected chi connectivity index (χ0v) is 14.7. The van der Waals surface area contributed by atoms with Crippen LogP contribution in [0.1, 0.15) is 32.6 Å². The third kappa shape index (κ3) is 5.02. The summed E-state index contributed by atoms with van der Waals surface area (Å²) in [7, 11) is 0. The van der Waals surface area contributed by atoms with Crippen molar-refractivity contribution < 1.29 is 9.53 Å². The molecule has 5 heteroatoms. The summed E-state index contributed by atoms with van der Waals surface area (Å²) in [5.41, 5.74) is 1.81. The molecule has 2 aromatic rings. The van der Waals surface area contributed by atoms with Crippen molar-refractivity contribution in [3.8, 4) is 17.0 Å². The van der Waals surface area contributed by atoms with Gasteiger partial charge in [0.2, 0.25) is 5.91 Å². The molecule has 132 valence electrons. The second-order valence-corrected chi connectivity index (χ2v) is 6.41. The molecule has 0 saturated heterocycles. The third-order valence-corrected chi connectivity index (χ3v) is 4.45. The van der Waals surface area contributed by atoms with E-state index < -0.39 is 0 Å². The fraction of sp³-hybridized carbons (Fsp3) is 0.450. The first-order valence-corrected chi connectivity index (χ1v) is 9.04. The van der Waals surface area contributed by atoms with Gasteiger partial charge in [-0.1, -0.05) is 0 Å². The molecule has 0 aliphatic heterocycles. The predicted molar refractivity (Wildman–Crippen MR) is 97.2 cm³/mol. The number of pyridine rings is 2. The monoisotopic (exact) mass is 339 g/mol. The Labute approximate surface area is 149 Å². The van der Waals surface area contributed by atoms with Crippen LogP contribution in [0.4, 0.5) is 0 Å². The van der Waals surface area contributed by atoms with Crippen molar-refractivity contribution in [2.75, 3.05) is 19.7 Å². The lowest BCUT2D eigenvalue weighted by Crippen LogP contribution is -2.32. The fourth-order valence-corrected chi connectivity index (χ4v) is 2.83. The van der Waals surface area contributed by atoms with E-state index in [9.17, 15) is 4.79 Å². The summed E-state index contributed by atoms with van der Waals surface area (Å²) >= 11 is 0. The van der Waals surface area contributed by atoms with E-state index in [4.69, 9.17) is 4.74 Å². The molecule has 25 heavy (non-hydrogen) atoms. The van der Waals surface area contributed by atoms with Crippen LogP contribution in [0.25, 0.3) is 11.3 Å². The lowest BCUT2D eigenvalue weighted by molar-refractivity contribution is -0.131. The number of carbonyl (C=O) groups excluding carboxylic acids is 1. The van der Waals surface area contributed by atoms with Gasteiger partial charge in [-0.2, -0.15) is 0 Å². The first kappa shape index (κ1) is 17.4. The normalized spacial score (nSPS) is 13.5. The first-order valence-electron chi connectivity index (χ1n) is 9.04. The average Bonchev–Trinajstić information content (AvgIpc) is 3.46. The number of hydrogen-bond donors (Lipinski definition) is 0. The Morgan fingerprint density at radius 3 is 2.76 bits per heavy atom. The first-order chi connectivity index (χ1) is 12.3. The molecule has 0 atom stereocenters. The molecule has 1 saturated carbocycles. The van der Waals surface area contributed by atoms with Gasteiger partial charge in [-0.15, -0.1) is 0 Å². The van der Waals surface area contributed by atoms with Gasteiger partial charge in [-0.05, 0) is 56.4 Å². The Hall–Kier alpha value is -2.43. The molecule has 0 spiro atoms. The highest BCUT2D eigenvalue weighted by atomic mass is 16.5. The summed E-state index contributed by atoms with van der Waals surface area (Å²) < 4.78 is 5.94. The molecular formula is C20H25N3O2. The quantitative estimate of drug-likeness (QED) is 0.656. The number of hydrogen-bond acceptors (Lipinski definition) is 4. The summed E-state index contributed by atoms with van der Waals surface area (Å²) in [4.78, 5) is 22.6. The van der Waals surface area contributed by atoms with E-state index in [2.05, 4.69) is 9.97 Å². The van der Waals surface area contributed by atoms with Crippen LogP contribution in [0.15, 0.2) is 42.9 Å². The topological polar surface area (TPSA) is 55.3 Å². The molecule has 1 aliphatic carbocycles. The highest BCUT2D eigenvalue weighted by Crippen LogP contribution is 2.32. The molecule has 3 rings (SSSR count). The van der Waals surface area contributed by atoms with Crippen molar-refractivity contribution in [1.82, 2.24) is 14.9 Å². The maximum absolute atomic E-state index is 12.2. The predicted octanol–water partition coefficient (Wildman–Crippen LogP) is 3.56. The van der Waals surface area contributed by atoms with Gasteiger partial charge in [0, 0.05) is 43.7 Å². The lowest BCUT2D eigenvalue weighted by Gasteiger charge is -2.21. The molecule has 1 fully saturated rings. The Kier molecular flexibility index (Phi) is 5.99. The summed E-state index contributed by atoms with van der Waals surface area (Å²) in [5, 5.41) is 0. The van der Waals surface area contributed by atoms with Crippen molar-refractivity contribution in [3.05, 3.63) is 42.9 Å². The van der Waals surface area contributed by atoms with Gasteiger partial charge in [0.25, 0.3) is 0 Å². The summed E-state index contributed by atoms with van der Waals surface area (Å²) in [6.45, 7) is 4.11. The van der Waals surface area contributed by atoms with Crippen LogP contribution < -0.4 is 4.74 Å². The van der Waals surface area contributed by atoms with Crippen molar-refractivity contribution in [2.45, 2.75) is 32.6 Å². The number of carbonyl (C=O) groups is 1. The van der Waals surface area contributed by atoms with Gasteiger partial charge in [0.05, 0.1) is 6.61 Å². The van der Waals surface area contributed by atoms with E-state index in [0.717, 1.165) is 36.5 Å². The van der Waals surface area contributed by atoms with Crippen molar-refractivity contribution in [3.63, 3.8) is 0 Å². The van der Waals surface area contributed by atoms with E-state index in [1.54, 1.807) is 18.6 Å². The van der Waals surface area contributed by atoms with Crippen molar-refractivity contribution >= 4 is 5.91 Å². The van der Waals surface area contributed by atoms with Crippen LogP contribution in [0.2, 0.25) is 0 Å². The number of rotatable bonds is 9. The van der Waals surface area contributed by atoms with Gasteiger partial charge in [0.15, 0.2) is 0 Å². The van der Waals surface area contributed by atoms with Crippen LogP contribution in [-0.4, -0.2) is 40.5 Å².